The molecule has 0 saturated heterocycles. The first kappa shape index (κ1) is 16.2. The van der Waals surface area contributed by atoms with Crippen LogP contribution in [0, 0.1) is 0 Å². The van der Waals surface area contributed by atoms with Crippen LogP contribution in [0.15, 0.2) is 76.8 Å². The van der Waals surface area contributed by atoms with Gasteiger partial charge in [0.05, 0.1) is 12.1 Å². The van der Waals surface area contributed by atoms with E-state index in [9.17, 15) is 4.79 Å². The topological polar surface area (TPSA) is 68.0 Å². The lowest BCUT2D eigenvalue weighted by Crippen LogP contribution is -2.14. The third-order valence-corrected chi connectivity index (χ3v) is 4.63. The van der Waals surface area contributed by atoms with Gasteiger partial charge in [-0.15, -0.1) is 11.3 Å². The molecule has 0 saturated carbocycles. The number of rotatable bonds is 5. The van der Waals surface area contributed by atoms with Crippen molar-refractivity contribution in [3.63, 3.8) is 0 Å². The molecule has 0 atom stereocenters. The van der Waals surface area contributed by atoms with E-state index in [-0.39, 0.29) is 12.3 Å². The monoisotopic (exact) mass is 361 g/mol. The van der Waals surface area contributed by atoms with Crippen LogP contribution in [-0.2, 0) is 11.2 Å². The third kappa shape index (κ3) is 3.70. The number of nitrogens with one attached hydrogen (secondary N) is 1. The highest BCUT2D eigenvalue weighted by Crippen LogP contribution is 2.23. The highest BCUT2D eigenvalue weighted by molar-refractivity contribution is 7.13. The maximum absolute atomic E-state index is 12.2. The summed E-state index contributed by atoms with van der Waals surface area (Å²) in [5.74, 6) is 0.515. The summed E-state index contributed by atoms with van der Waals surface area (Å²) in [6.45, 7) is 0. The molecule has 4 aromatic rings. The zero-order chi connectivity index (χ0) is 17.8. The van der Waals surface area contributed by atoms with Crippen molar-refractivity contribution in [2.24, 2.45) is 0 Å². The van der Waals surface area contributed by atoms with E-state index in [1.165, 1.54) is 0 Å². The van der Waals surface area contributed by atoms with Gasteiger partial charge < -0.3 is 9.84 Å². The quantitative estimate of drug-likeness (QED) is 0.562. The Kier molecular flexibility index (Phi) is 4.57. The second-order valence-corrected chi connectivity index (χ2v) is 6.58. The molecule has 2 heterocycles. The Balaban J connectivity index is 1.39. The number of anilines is 1. The van der Waals surface area contributed by atoms with Crippen molar-refractivity contribution in [1.82, 2.24) is 10.1 Å². The van der Waals surface area contributed by atoms with Crippen LogP contribution in [0.3, 0.4) is 0 Å². The molecule has 26 heavy (non-hydrogen) atoms. The molecule has 5 nitrogen and oxygen atoms in total. The molecule has 0 unspecified atom stereocenters. The zero-order valence-corrected chi connectivity index (χ0v) is 14.6. The number of carbonyl (C=O) groups is 1. The molecule has 0 radical (unpaired) electrons. The third-order valence-electron chi connectivity index (χ3n) is 3.81. The number of hydrogen-bond donors (Lipinski definition) is 1. The van der Waals surface area contributed by atoms with Crippen molar-refractivity contribution in [2.45, 2.75) is 6.42 Å². The lowest BCUT2D eigenvalue weighted by atomic mass is 10.1. The number of carbonyl (C=O) groups excluding carboxylic acids is 1. The van der Waals surface area contributed by atoms with Gasteiger partial charge in [0.1, 0.15) is 5.01 Å². The molecular weight excluding hydrogens is 346 g/mol. The molecule has 0 bridgehead atoms. The summed E-state index contributed by atoms with van der Waals surface area (Å²) in [5.41, 5.74) is 3.30. The smallest absolute Gasteiger partial charge is 0.230 e. The van der Waals surface area contributed by atoms with Gasteiger partial charge in [0, 0.05) is 34.5 Å². The second-order valence-electron chi connectivity index (χ2n) is 5.69. The fourth-order valence-electron chi connectivity index (χ4n) is 2.57. The summed E-state index contributed by atoms with van der Waals surface area (Å²) in [4.78, 5) is 16.5. The molecule has 2 aromatic heterocycles. The van der Waals surface area contributed by atoms with E-state index < -0.39 is 0 Å². The Labute approximate surface area is 154 Å². The molecule has 1 N–H and O–H groups in total. The minimum absolute atomic E-state index is 0.139. The van der Waals surface area contributed by atoms with Crippen LogP contribution in [0.25, 0.3) is 21.9 Å². The summed E-state index contributed by atoms with van der Waals surface area (Å²) >= 11 is 1.58. The van der Waals surface area contributed by atoms with Gasteiger partial charge in [0.15, 0.2) is 5.76 Å². The van der Waals surface area contributed by atoms with Crippen LogP contribution in [-0.4, -0.2) is 16.0 Å². The number of hydrogen-bond acceptors (Lipinski definition) is 5. The first-order chi connectivity index (χ1) is 12.8. The van der Waals surface area contributed by atoms with Gasteiger partial charge in [-0.25, -0.2) is 4.98 Å². The second kappa shape index (κ2) is 7.33. The molecule has 128 valence electrons. The SMILES string of the molecule is O=C(Cc1cc(-c2ccccc2)on1)Nc1ccc(-c2nccs2)cc1. The van der Waals surface area contributed by atoms with Crippen molar-refractivity contribution < 1.29 is 9.32 Å². The Hall–Kier alpha value is -3.25. The van der Waals surface area contributed by atoms with Crippen LogP contribution in [0.5, 0.6) is 0 Å². The van der Waals surface area contributed by atoms with Crippen LogP contribution < -0.4 is 5.32 Å². The van der Waals surface area contributed by atoms with Crippen molar-refractivity contribution in [2.75, 3.05) is 5.32 Å². The predicted molar refractivity (Wildman–Crippen MR) is 102 cm³/mol. The van der Waals surface area contributed by atoms with Crippen LogP contribution in [0.4, 0.5) is 5.69 Å². The average Bonchev–Trinajstić information content (AvgIpc) is 3.35. The summed E-state index contributed by atoms with van der Waals surface area (Å²) in [6, 6.07) is 19.1. The molecular formula is C20H15N3O2S. The molecule has 0 spiro atoms. The van der Waals surface area contributed by atoms with E-state index in [1.807, 2.05) is 60.0 Å². The first-order valence-electron chi connectivity index (χ1n) is 8.09. The minimum atomic E-state index is -0.139. The number of nitrogens with zero attached hydrogens (tertiary/aromatic N) is 2. The highest BCUT2D eigenvalue weighted by Gasteiger charge is 2.11. The fraction of sp³-hybridized carbons (Fsp3) is 0.0500. The number of benzene rings is 2. The van der Waals surface area contributed by atoms with Gasteiger partial charge >= 0.3 is 0 Å². The minimum Gasteiger partial charge on any atom is -0.356 e. The maximum Gasteiger partial charge on any atom is 0.230 e. The highest BCUT2D eigenvalue weighted by atomic mass is 32.1. The Morgan fingerprint density at radius 2 is 1.85 bits per heavy atom. The van der Waals surface area contributed by atoms with Gasteiger partial charge in [-0.3, -0.25) is 4.79 Å². The molecule has 4 rings (SSSR count). The maximum atomic E-state index is 12.2. The zero-order valence-electron chi connectivity index (χ0n) is 13.8. The van der Waals surface area contributed by atoms with Gasteiger partial charge in [-0.2, -0.15) is 0 Å². The first-order valence-corrected chi connectivity index (χ1v) is 8.97. The lowest BCUT2D eigenvalue weighted by Gasteiger charge is -2.04. The number of thiazole rings is 1. The Bertz CT molecular complexity index is 993. The van der Waals surface area contributed by atoms with Gasteiger partial charge in [-0.05, 0) is 24.3 Å². The molecule has 6 heteroatoms. The van der Waals surface area contributed by atoms with E-state index in [0.29, 0.717) is 11.5 Å². The summed E-state index contributed by atoms with van der Waals surface area (Å²) < 4.78 is 5.32. The van der Waals surface area contributed by atoms with Gasteiger partial charge in [-0.1, -0.05) is 35.5 Å². The standard InChI is InChI=1S/C20H15N3O2S/c24-19(13-17-12-18(25-23-17)14-4-2-1-3-5-14)22-16-8-6-15(7-9-16)20-21-10-11-26-20/h1-12H,13H2,(H,22,24). The van der Waals surface area contributed by atoms with Crippen molar-refractivity contribution in [1.29, 1.82) is 0 Å². The van der Waals surface area contributed by atoms with Crippen LogP contribution in [0.2, 0.25) is 0 Å². The van der Waals surface area contributed by atoms with E-state index in [2.05, 4.69) is 15.5 Å². The van der Waals surface area contributed by atoms with Crippen molar-refractivity contribution in [3.8, 4) is 21.9 Å². The van der Waals surface area contributed by atoms with Crippen LogP contribution >= 0.6 is 11.3 Å². The van der Waals surface area contributed by atoms with E-state index in [4.69, 9.17) is 4.52 Å². The van der Waals surface area contributed by atoms with Crippen molar-refractivity contribution >= 4 is 22.9 Å². The van der Waals surface area contributed by atoms with E-state index in [0.717, 1.165) is 21.8 Å². The summed E-state index contributed by atoms with van der Waals surface area (Å²) in [6.07, 6.45) is 1.93. The molecule has 0 fully saturated rings. The molecule has 0 aliphatic heterocycles. The average molecular weight is 361 g/mol. The molecule has 0 aliphatic carbocycles. The van der Waals surface area contributed by atoms with E-state index >= 15 is 0 Å². The largest absolute Gasteiger partial charge is 0.356 e. The van der Waals surface area contributed by atoms with Crippen molar-refractivity contribution in [3.05, 3.63) is 77.9 Å². The van der Waals surface area contributed by atoms with Gasteiger partial charge in [0.2, 0.25) is 5.91 Å². The number of amides is 1. The Morgan fingerprint density at radius 3 is 2.58 bits per heavy atom. The summed E-state index contributed by atoms with van der Waals surface area (Å²) in [7, 11) is 0. The summed E-state index contributed by atoms with van der Waals surface area (Å²) in [5, 5.41) is 9.75. The number of aromatic nitrogens is 2. The lowest BCUT2D eigenvalue weighted by molar-refractivity contribution is -0.115. The van der Waals surface area contributed by atoms with Crippen LogP contribution in [0.1, 0.15) is 5.69 Å². The normalized spacial score (nSPS) is 10.6. The Morgan fingerprint density at radius 1 is 1.04 bits per heavy atom. The van der Waals surface area contributed by atoms with E-state index in [1.54, 1.807) is 23.6 Å². The molecule has 0 aliphatic rings. The van der Waals surface area contributed by atoms with Gasteiger partial charge in [0.25, 0.3) is 0 Å². The fourth-order valence-corrected chi connectivity index (χ4v) is 3.21. The molecule has 2 aromatic carbocycles. The molecule has 1 amide bonds. The predicted octanol–water partition coefficient (Wildman–Crippen LogP) is 4.65.